The third-order valence-electron chi connectivity index (χ3n) is 2.65. The van der Waals surface area contributed by atoms with Crippen molar-refractivity contribution in [2.75, 3.05) is 6.61 Å². The molecule has 0 saturated heterocycles. The lowest BCUT2D eigenvalue weighted by Crippen LogP contribution is -2.18. The number of hydrogen-bond donors (Lipinski definition) is 2. The lowest BCUT2D eigenvalue weighted by molar-refractivity contribution is 0.279. The molecular formula is C12H14N4O2S. The molecule has 0 spiro atoms. The molecule has 0 fully saturated rings. The van der Waals surface area contributed by atoms with Crippen molar-refractivity contribution in [1.82, 2.24) is 19.5 Å². The van der Waals surface area contributed by atoms with E-state index in [9.17, 15) is 4.79 Å². The standard InChI is InChI=1S/C12H14N4O2S/c17-3-1-2-16-7-10(11(18)15-12(16)19)4-9-5-13-8-14-6-9/h5-8,17H,1-4H2,(H,15,18,19). The Kier molecular flexibility index (Phi) is 4.53. The minimum absolute atomic E-state index is 0.0861. The topological polar surface area (TPSA) is 83.8 Å². The summed E-state index contributed by atoms with van der Waals surface area (Å²) in [5.74, 6) is 0. The summed E-state index contributed by atoms with van der Waals surface area (Å²) in [4.78, 5) is 22.3. The zero-order chi connectivity index (χ0) is 13.7. The highest BCUT2D eigenvalue weighted by Crippen LogP contribution is 2.03. The Hall–Kier alpha value is -1.86. The Morgan fingerprint density at radius 1 is 1.37 bits per heavy atom. The molecule has 0 saturated carbocycles. The van der Waals surface area contributed by atoms with Gasteiger partial charge >= 0.3 is 0 Å². The predicted molar refractivity (Wildman–Crippen MR) is 72.4 cm³/mol. The number of H-pyrrole nitrogens is 1. The van der Waals surface area contributed by atoms with Crippen LogP contribution >= 0.6 is 12.2 Å². The van der Waals surface area contributed by atoms with Crippen molar-refractivity contribution in [1.29, 1.82) is 0 Å². The van der Waals surface area contributed by atoms with Crippen LogP contribution in [0.25, 0.3) is 0 Å². The summed E-state index contributed by atoms with van der Waals surface area (Å²) >= 11 is 5.08. The number of aromatic nitrogens is 4. The maximum absolute atomic E-state index is 11.8. The van der Waals surface area contributed by atoms with Gasteiger partial charge in [0.05, 0.1) is 0 Å². The van der Waals surface area contributed by atoms with Crippen LogP contribution in [-0.4, -0.2) is 31.2 Å². The highest BCUT2D eigenvalue weighted by molar-refractivity contribution is 7.71. The molecule has 0 aliphatic carbocycles. The molecule has 0 aliphatic rings. The Morgan fingerprint density at radius 3 is 2.79 bits per heavy atom. The van der Waals surface area contributed by atoms with Gasteiger partial charge in [-0.3, -0.25) is 9.78 Å². The molecule has 0 radical (unpaired) electrons. The SMILES string of the molecule is O=c1[nH]c(=S)n(CCCO)cc1Cc1cncnc1. The van der Waals surface area contributed by atoms with Gasteiger partial charge < -0.3 is 9.67 Å². The van der Waals surface area contributed by atoms with Gasteiger partial charge in [0.15, 0.2) is 4.77 Å². The van der Waals surface area contributed by atoms with Gasteiger partial charge in [0.1, 0.15) is 6.33 Å². The average molecular weight is 278 g/mol. The minimum atomic E-state index is -0.200. The monoisotopic (exact) mass is 278 g/mol. The number of aliphatic hydroxyl groups is 1. The van der Waals surface area contributed by atoms with Crippen LogP contribution in [0.2, 0.25) is 0 Å². The average Bonchev–Trinajstić information content (AvgIpc) is 2.42. The van der Waals surface area contributed by atoms with Gasteiger partial charge in [0, 0.05) is 43.7 Å². The van der Waals surface area contributed by atoms with E-state index in [2.05, 4.69) is 15.0 Å². The third-order valence-corrected chi connectivity index (χ3v) is 2.99. The van der Waals surface area contributed by atoms with Gasteiger partial charge in [-0.15, -0.1) is 0 Å². The number of aryl methyl sites for hydroxylation is 1. The lowest BCUT2D eigenvalue weighted by atomic mass is 10.1. The molecule has 2 heterocycles. The summed E-state index contributed by atoms with van der Waals surface area (Å²) in [6.07, 6.45) is 7.56. The summed E-state index contributed by atoms with van der Waals surface area (Å²) < 4.78 is 2.12. The van der Waals surface area contributed by atoms with Crippen molar-refractivity contribution < 1.29 is 5.11 Å². The van der Waals surface area contributed by atoms with Crippen LogP contribution in [0.4, 0.5) is 0 Å². The molecule has 6 nitrogen and oxygen atoms in total. The number of nitrogens with one attached hydrogen (secondary N) is 1. The summed E-state index contributed by atoms with van der Waals surface area (Å²) in [7, 11) is 0. The largest absolute Gasteiger partial charge is 0.396 e. The Balaban J connectivity index is 2.30. The molecule has 2 aromatic rings. The first-order chi connectivity index (χ1) is 9.20. The van der Waals surface area contributed by atoms with Crippen LogP contribution in [0, 0.1) is 4.77 Å². The number of aliphatic hydroxyl groups excluding tert-OH is 1. The van der Waals surface area contributed by atoms with Crippen molar-refractivity contribution in [3.05, 3.63) is 51.2 Å². The molecular weight excluding hydrogens is 264 g/mol. The number of aromatic amines is 1. The highest BCUT2D eigenvalue weighted by Gasteiger charge is 2.04. The Labute approximate surface area is 114 Å². The van der Waals surface area contributed by atoms with Gasteiger partial charge in [-0.25, -0.2) is 9.97 Å². The quantitative estimate of drug-likeness (QED) is 0.785. The fourth-order valence-electron chi connectivity index (χ4n) is 1.73. The molecule has 2 N–H and O–H groups in total. The zero-order valence-corrected chi connectivity index (χ0v) is 11.1. The summed E-state index contributed by atoms with van der Waals surface area (Å²) in [5.41, 5.74) is 1.26. The third kappa shape index (κ3) is 3.55. The maximum Gasteiger partial charge on any atom is 0.255 e. The van der Waals surface area contributed by atoms with Crippen molar-refractivity contribution in [2.24, 2.45) is 0 Å². The van der Waals surface area contributed by atoms with E-state index in [0.29, 0.717) is 29.7 Å². The molecule has 0 amide bonds. The van der Waals surface area contributed by atoms with Gasteiger partial charge in [-0.05, 0) is 24.2 Å². The number of hydrogen-bond acceptors (Lipinski definition) is 5. The van der Waals surface area contributed by atoms with Crippen LogP contribution in [-0.2, 0) is 13.0 Å². The molecule has 0 atom stereocenters. The molecule has 0 unspecified atom stereocenters. The van der Waals surface area contributed by atoms with Crippen LogP contribution in [0.15, 0.2) is 29.7 Å². The van der Waals surface area contributed by atoms with E-state index in [1.807, 2.05) is 0 Å². The summed E-state index contributed by atoms with van der Waals surface area (Å²) in [6, 6.07) is 0. The number of nitrogens with zero attached hydrogens (tertiary/aromatic N) is 3. The molecule has 0 aromatic carbocycles. The van der Waals surface area contributed by atoms with E-state index in [-0.39, 0.29) is 12.2 Å². The highest BCUT2D eigenvalue weighted by atomic mass is 32.1. The first kappa shape index (κ1) is 13.6. The molecule has 100 valence electrons. The van der Waals surface area contributed by atoms with Crippen LogP contribution in [0.1, 0.15) is 17.5 Å². The second-order valence-corrected chi connectivity index (χ2v) is 4.49. The second kappa shape index (κ2) is 6.35. The van der Waals surface area contributed by atoms with Gasteiger partial charge in [0.25, 0.3) is 5.56 Å². The van der Waals surface area contributed by atoms with E-state index < -0.39 is 0 Å². The van der Waals surface area contributed by atoms with Crippen LogP contribution in [0.5, 0.6) is 0 Å². The van der Waals surface area contributed by atoms with Gasteiger partial charge in [-0.1, -0.05) is 0 Å². The molecule has 2 aromatic heterocycles. The Bertz CT molecular complexity index is 651. The van der Waals surface area contributed by atoms with Crippen LogP contribution in [0.3, 0.4) is 0 Å². The predicted octanol–water partition coefficient (Wildman–Crippen LogP) is 0.669. The molecule has 0 aliphatic heterocycles. The Morgan fingerprint density at radius 2 is 2.11 bits per heavy atom. The lowest BCUT2D eigenvalue weighted by Gasteiger charge is -2.08. The minimum Gasteiger partial charge on any atom is -0.396 e. The second-order valence-electron chi connectivity index (χ2n) is 4.11. The fourth-order valence-corrected chi connectivity index (χ4v) is 1.97. The molecule has 19 heavy (non-hydrogen) atoms. The molecule has 7 heteroatoms. The van der Waals surface area contributed by atoms with E-state index in [1.54, 1.807) is 23.2 Å². The maximum atomic E-state index is 11.8. The van der Waals surface area contributed by atoms with Crippen molar-refractivity contribution in [3.63, 3.8) is 0 Å². The van der Waals surface area contributed by atoms with Gasteiger partial charge in [0.2, 0.25) is 0 Å². The molecule has 0 bridgehead atoms. The van der Waals surface area contributed by atoms with E-state index in [4.69, 9.17) is 17.3 Å². The molecule has 2 rings (SSSR count). The van der Waals surface area contributed by atoms with Gasteiger partial charge in [-0.2, -0.15) is 0 Å². The summed E-state index contributed by atoms with van der Waals surface area (Å²) in [6.45, 7) is 0.660. The first-order valence-corrected chi connectivity index (χ1v) is 6.29. The summed E-state index contributed by atoms with van der Waals surface area (Å²) in [5, 5.41) is 8.84. The van der Waals surface area contributed by atoms with E-state index >= 15 is 0 Å². The van der Waals surface area contributed by atoms with Crippen molar-refractivity contribution in [3.8, 4) is 0 Å². The zero-order valence-electron chi connectivity index (χ0n) is 10.2. The van der Waals surface area contributed by atoms with Crippen molar-refractivity contribution >= 4 is 12.2 Å². The number of rotatable bonds is 5. The van der Waals surface area contributed by atoms with E-state index in [0.717, 1.165) is 5.56 Å². The first-order valence-electron chi connectivity index (χ1n) is 5.88. The smallest absolute Gasteiger partial charge is 0.255 e. The van der Waals surface area contributed by atoms with Crippen molar-refractivity contribution in [2.45, 2.75) is 19.4 Å². The van der Waals surface area contributed by atoms with Crippen LogP contribution < -0.4 is 5.56 Å². The normalized spacial score (nSPS) is 10.6. The fraction of sp³-hybridized carbons (Fsp3) is 0.333. The van der Waals surface area contributed by atoms with E-state index in [1.165, 1.54) is 6.33 Å².